The smallest absolute Gasteiger partial charge is 0.314 e. The molecular weight excluding hydrogens is 246 g/mol. The van der Waals surface area contributed by atoms with E-state index in [0.717, 1.165) is 0 Å². The molecule has 0 amide bonds. The second-order valence-electron chi connectivity index (χ2n) is 5.45. The molecule has 1 rings (SSSR count). The third-order valence-corrected chi connectivity index (χ3v) is 2.76. The summed E-state index contributed by atoms with van der Waals surface area (Å²) in [5.74, 6) is 0.340. The molecule has 0 aromatic heterocycles. The second-order valence-corrected chi connectivity index (χ2v) is 5.45. The highest BCUT2D eigenvalue weighted by Crippen LogP contribution is 2.31. The van der Waals surface area contributed by atoms with Crippen LogP contribution < -0.4 is 11.1 Å². The average Bonchev–Trinajstić information content (AvgIpc) is 2.24. The van der Waals surface area contributed by atoms with Crippen LogP contribution in [0.3, 0.4) is 0 Å². The maximum atomic E-state index is 11.0. The van der Waals surface area contributed by atoms with Crippen LogP contribution in [0.4, 0.5) is 17.1 Å². The molecule has 1 aromatic carbocycles. The van der Waals surface area contributed by atoms with E-state index in [2.05, 4.69) is 5.32 Å². The van der Waals surface area contributed by atoms with Gasteiger partial charge in [-0.15, -0.1) is 0 Å². The van der Waals surface area contributed by atoms with Gasteiger partial charge in [0, 0.05) is 6.54 Å². The summed E-state index contributed by atoms with van der Waals surface area (Å²) < 4.78 is 0. The Labute approximate surface area is 112 Å². The maximum absolute atomic E-state index is 11.0. The van der Waals surface area contributed by atoms with Crippen molar-refractivity contribution in [2.45, 2.75) is 32.8 Å². The van der Waals surface area contributed by atoms with Gasteiger partial charge >= 0.3 is 5.69 Å². The van der Waals surface area contributed by atoms with E-state index in [4.69, 9.17) is 5.73 Å². The Balaban J connectivity index is 2.84. The summed E-state index contributed by atoms with van der Waals surface area (Å²) in [4.78, 5) is 10.4. The van der Waals surface area contributed by atoms with Crippen molar-refractivity contribution in [3.63, 3.8) is 0 Å². The predicted molar refractivity (Wildman–Crippen MR) is 76.1 cm³/mol. The van der Waals surface area contributed by atoms with Crippen LogP contribution in [-0.2, 0) is 0 Å². The zero-order valence-electron chi connectivity index (χ0n) is 11.5. The number of nitro benzene ring substituents is 1. The highest BCUT2D eigenvalue weighted by molar-refractivity contribution is 5.74. The minimum absolute atomic E-state index is 0.110. The lowest BCUT2D eigenvalue weighted by Gasteiger charge is -2.26. The van der Waals surface area contributed by atoms with Crippen LogP contribution in [0.1, 0.15) is 27.2 Å². The van der Waals surface area contributed by atoms with Crippen molar-refractivity contribution < 1.29 is 10.0 Å². The number of anilines is 2. The number of rotatable bonds is 6. The highest BCUT2D eigenvalue weighted by Gasteiger charge is 2.24. The van der Waals surface area contributed by atoms with Gasteiger partial charge in [0.05, 0.1) is 10.5 Å². The molecule has 0 saturated heterocycles. The minimum Gasteiger partial charge on any atom is -0.393 e. The van der Waals surface area contributed by atoms with E-state index < -0.39 is 10.5 Å². The first-order valence-electron chi connectivity index (χ1n) is 6.22. The lowest BCUT2D eigenvalue weighted by atomic mass is 9.94. The molecule has 0 aliphatic rings. The van der Waals surface area contributed by atoms with Gasteiger partial charge in [0.25, 0.3) is 0 Å². The van der Waals surface area contributed by atoms with Gasteiger partial charge in [-0.1, -0.05) is 19.9 Å². The number of nitro groups is 1. The Morgan fingerprint density at radius 1 is 1.53 bits per heavy atom. The Morgan fingerprint density at radius 2 is 2.16 bits per heavy atom. The summed E-state index contributed by atoms with van der Waals surface area (Å²) in [6.45, 7) is 5.96. The Bertz CT molecular complexity index is 458. The van der Waals surface area contributed by atoms with E-state index in [9.17, 15) is 15.2 Å². The molecule has 6 heteroatoms. The van der Waals surface area contributed by atoms with Gasteiger partial charge in [0.1, 0.15) is 11.4 Å². The number of nitrogens with one attached hydrogen (secondary N) is 1. The molecule has 0 spiro atoms. The molecule has 1 unspecified atom stereocenters. The largest absolute Gasteiger partial charge is 0.393 e. The Hall–Kier alpha value is -1.82. The van der Waals surface area contributed by atoms with Crippen molar-refractivity contribution in [2.24, 2.45) is 5.92 Å². The Kier molecular flexibility index (Phi) is 4.72. The number of hydrogen-bond donors (Lipinski definition) is 3. The number of nitrogen functional groups attached to an aromatic ring is 1. The van der Waals surface area contributed by atoms with Gasteiger partial charge < -0.3 is 16.2 Å². The van der Waals surface area contributed by atoms with Gasteiger partial charge in [-0.25, -0.2) is 0 Å². The lowest BCUT2D eigenvalue weighted by Crippen LogP contribution is -2.35. The fourth-order valence-corrected chi connectivity index (χ4v) is 2.15. The molecule has 0 radical (unpaired) electrons. The van der Waals surface area contributed by atoms with Gasteiger partial charge in [0.15, 0.2) is 0 Å². The summed E-state index contributed by atoms with van der Waals surface area (Å²) in [6, 6.07) is 4.71. The molecular formula is C13H21N3O3. The predicted octanol–water partition coefficient (Wildman–Crippen LogP) is 2.39. The third kappa shape index (κ3) is 4.40. The summed E-state index contributed by atoms with van der Waals surface area (Å²) in [6.07, 6.45) is 0.607. The van der Waals surface area contributed by atoms with Crippen LogP contribution in [-0.4, -0.2) is 22.2 Å². The van der Waals surface area contributed by atoms with Gasteiger partial charge in [-0.3, -0.25) is 10.1 Å². The first-order chi connectivity index (χ1) is 8.73. The van der Waals surface area contributed by atoms with Crippen LogP contribution >= 0.6 is 0 Å². The number of aliphatic hydroxyl groups is 1. The van der Waals surface area contributed by atoms with Gasteiger partial charge in [-0.05, 0) is 31.4 Å². The second kappa shape index (κ2) is 5.88. The normalized spacial score (nSPS) is 14.2. The van der Waals surface area contributed by atoms with E-state index >= 15 is 0 Å². The van der Waals surface area contributed by atoms with Crippen molar-refractivity contribution in [3.05, 3.63) is 28.3 Å². The van der Waals surface area contributed by atoms with Crippen molar-refractivity contribution >= 4 is 17.1 Å². The number of benzene rings is 1. The van der Waals surface area contributed by atoms with Crippen molar-refractivity contribution in [3.8, 4) is 0 Å². The SMILES string of the molecule is CC(C)CC(C)(O)CNc1cccc(N)c1[N+](=O)[O-]. The fraction of sp³-hybridized carbons (Fsp3) is 0.538. The molecule has 0 heterocycles. The van der Waals surface area contributed by atoms with Crippen LogP contribution in [0.2, 0.25) is 0 Å². The van der Waals surface area contributed by atoms with Crippen LogP contribution in [0.5, 0.6) is 0 Å². The van der Waals surface area contributed by atoms with Gasteiger partial charge in [0.2, 0.25) is 0 Å². The fourth-order valence-electron chi connectivity index (χ4n) is 2.15. The molecule has 6 nitrogen and oxygen atoms in total. The van der Waals surface area contributed by atoms with Crippen LogP contribution in [0.25, 0.3) is 0 Å². The molecule has 19 heavy (non-hydrogen) atoms. The number of nitrogens with two attached hydrogens (primary N) is 1. The van der Waals surface area contributed by atoms with Crippen molar-refractivity contribution in [2.75, 3.05) is 17.6 Å². The lowest BCUT2D eigenvalue weighted by molar-refractivity contribution is -0.383. The monoisotopic (exact) mass is 267 g/mol. The number of nitrogens with zero attached hydrogens (tertiary/aromatic N) is 1. The first kappa shape index (κ1) is 15.2. The molecule has 0 aliphatic heterocycles. The molecule has 0 saturated carbocycles. The average molecular weight is 267 g/mol. The van der Waals surface area contributed by atoms with E-state index in [1.165, 1.54) is 6.07 Å². The van der Waals surface area contributed by atoms with E-state index in [1.54, 1.807) is 19.1 Å². The quantitative estimate of drug-likeness (QED) is 0.417. The van der Waals surface area contributed by atoms with Gasteiger partial charge in [-0.2, -0.15) is 0 Å². The maximum Gasteiger partial charge on any atom is 0.314 e. The molecule has 0 aliphatic carbocycles. The molecule has 1 atom stereocenters. The Morgan fingerprint density at radius 3 is 2.68 bits per heavy atom. The molecule has 106 valence electrons. The van der Waals surface area contributed by atoms with Crippen molar-refractivity contribution in [1.29, 1.82) is 0 Å². The van der Waals surface area contributed by atoms with E-state index in [-0.39, 0.29) is 17.9 Å². The number of para-hydroxylation sites is 1. The molecule has 0 fully saturated rings. The minimum atomic E-state index is -0.924. The summed E-state index contributed by atoms with van der Waals surface area (Å²) in [5, 5.41) is 24.1. The number of hydrogen-bond acceptors (Lipinski definition) is 5. The standard InChI is InChI=1S/C13H21N3O3/c1-9(2)7-13(3,17)8-15-11-6-4-5-10(14)12(11)16(18)19/h4-6,9,15,17H,7-8,14H2,1-3H3. The summed E-state index contributed by atoms with van der Waals surface area (Å²) in [5.41, 5.74) is 4.96. The molecule has 4 N–H and O–H groups in total. The van der Waals surface area contributed by atoms with E-state index in [1.807, 2.05) is 13.8 Å². The summed E-state index contributed by atoms with van der Waals surface area (Å²) in [7, 11) is 0. The zero-order chi connectivity index (χ0) is 14.6. The highest BCUT2D eigenvalue weighted by atomic mass is 16.6. The van der Waals surface area contributed by atoms with Crippen LogP contribution in [0, 0.1) is 16.0 Å². The molecule has 1 aromatic rings. The first-order valence-corrected chi connectivity index (χ1v) is 6.22. The molecule has 0 bridgehead atoms. The third-order valence-electron chi connectivity index (χ3n) is 2.76. The van der Waals surface area contributed by atoms with Crippen molar-refractivity contribution in [1.82, 2.24) is 0 Å². The zero-order valence-corrected chi connectivity index (χ0v) is 11.5. The van der Waals surface area contributed by atoms with Crippen LogP contribution in [0.15, 0.2) is 18.2 Å². The topological polar surface area (TPSA) is 101 Å². The van der Waals surface area contributed by atoms with E-state index in [0.29, 0.717) is 18.0 Å². The summed E-state index contributed by atoms with van der Waals surface area (Å²) >= 11 is 0.